The van der Waals surface area contributed by atoms with Crippen molar-refractivity contribution in [2.24, 2.45) is 0 Å². The third-order valence-electron chi connectivity index (χ3n) is 3.30. The van der Waals surface area contributed by atoms with Gasteiger partial charge in [-0.25, -0.2) is 4.98 Å². The van der Waals surface area contributed by atoms with Crippen molar-refractivity contribution in [3.8, 4) is 11.6 Å². The van der Waals surface area contributed by atoms with Gasteiger partial charge in [-0.05, 0) is 32.3 Å². The molecule has 0 fully saturated rings. The van der Waals surface area contributed by atoms with Gasteiger partial charge >= 0.3 is 0 Å². The summed E-state index contributed by atoms with van der Waals surface area (Å²) in [6.07, 6.45) is 0. The molecule has 1 aromatic heterocycles. The van der Waals surface area contributed by atoms with E-state index in [-0.39, 0.29) is 5.41 Å². The van der Waals surface area contributed by atoms with Crippen molar-refractivity contribution in [2.75, 3.05) is 0 Å². The molecular weight excluding hydrogens is 284 g/mol. The van der Waals surface area contributed by atoms with E-state index < -0.39 is 0 Å². The van der Waals surface area contributed by atoms with Gasteiger partial charge in [0.25, 0.3) is 0 Å². The van der Waals surface area contributed by atoms with Crippen LogP contribution in [-0.2, 0) is 5.41 Å². The molecule has 112 valence electrons. The minimum atomic E-state index is -0.0128. The molecule has 4 heteroatoms. The van der Waals surface area contributed by atoms with Crippen LogP contribution in [0.5, 0.6) is 11.6 Å². The molecule has 21 heavy (non-hydrogen) atoms. The SMILES string of the molecule is Cc1ccc(Oc2nc(C)nc(Cl)c2C)c(C(C)(C)C)c1. The maximum Gasteiger partial charge on any atom is 0.226 e. The number of rotatable bonds is 2. The van der Waals surface area contributed by atoms with Gasteiger partial charge in [0.05, 0.1) is 0 Å². The lowest BCUT2D eigenvalue weighted by Crippen LogP contribution is -2.13. The summed E-state index contributed by atoms with van der Waals surface area (Å²) in [5.74, 6) is 1.93. The third kappa shape index (κ3) is 3.53. The van der Waals surface area contributed by atoms with E-state index in [1.54, 1.807) is 6.92 Å². The van der Waals surface area contributed by atoms with Gasteiger partial charge in [-0.2, -0.15) is 4.98 Å². The van der Waals surface area contributed by atoms with Crippen LogP contribution in [0.15, 0.2) is 18.2 Å². The standard InChI is InChI=1S/C17H21ClN2O/c1-10-7-8-14(13(9-10)17(4,5)6)21-16-11(2)15(18)19-12(3)20-16/h7-9H,1-6H3. The van der Waals surface area contributed by atoms with E-state index in [1.807, 2.05) is 19.1 Å². The Hall–Kier alpha value is -1.61. The van der Waals surface area contributed by atoms with Gasteiger partial charge < -0.3 is 4.74 Å². The molecule has 0 atom stereocenters. The van der Waals surface area contributed by atoms with Crippen LogP contribution in [0.2, 0.25) is 5.15 Å². The Kier molecular flexibility index (Phi) is 4.24. The Morgan fingerprint density at radius 2 is 1.71 bits per heavy atom. The summed E-state index contributed by atoms with van der Waals surface area (Å²) in [5.41, 5.74) is 3.10. The normalized spacial score (nSPS) is 11.6. The molecule has 1 heterocycles. The van der Waals surface area contributed by atoms with Gasteiger partial charge in [0, 0.05) is 11.1 Å². The highest BCUT2D eigenvalue weighted by Crippen LogP contribution is 2.36. The molecule has 0 amide bonds. The van der Waals surface area contributed by atoms with Crippen molar-refractivity contribution < 1.29 is 4.74 Å². The molecule has 0 spiro atoms. The lowest BCUT2D eigenvalue weighted by atomic mass is 9.85. The zero-order chi connectivity index (χ0) is 15.8. The van der Waals surface area contributed by atoms with Crippen molar-refractivity contribution in [1.82, 2.24) is 9.97 Å². The van der Waals surface area contributed by atoms with E-state index in [4.69, 9.17) is 16.3 Å². The number of halogens is 1. The average Bonchev–Trinajstić information content (AvgIpc) is 2.36. The molecule has 3 nitrogen and oxygen atoms in total. The largest absolute Gasteiger partial charge is 0.438 e. The fourth-order valence-corrected chi connectivity index (χ4v) is 2.30. The Labute approximate surface area is 131 Å². The van der Waals surface area contributed by atoms with Crippen molar-refractivity contribution >= 4 is 11.6 Å². The van der Waals surface area contributed by atoms with Crippen LogP contribution in [0.25, 0.3) is 0 Å². The van der Waals surface area contributed by atoms with Crippen LogP contribution in [0.3, 0.4) is 0 Å². The van der Waals surface area contributed by atoms with Gasteiger partial charge in [0.15, 0.2) is 0 Å². The predicted molar refractivity (Wildman–Crippen MR) is 86.5 cm³/mol. The van der Waals surface area contributed by atoms with Crippen LogP contribution < -0.4 is 4.74 Å². The third-order valence-corrected chi connectivity index (χ3v) is 3.67. The van der Waals surface area contributed by atoms with Crippen molar-refractivity contribution in [2.45, 2.75) is 47.0 Å². The predicted octanol–water partition coefficient (Wildman–Crippen LogP) is 5.15. The lowest BCUT2D eigenvalue weighted by molar-refractivity contribution is 0.434. The van der Waals surface area contributed by atoms with Gasteiger partial charge in [-0.3, -0.25) is 0 Å². The zero-order valence-corrected chi connectivity index (χ0v) is 14.2. The number of ether oxygens (including phenoxy) is 1. The first-order valence-corrected chi connectivity index (χ1v) is 7.36. The summed E-state index contributed by atoms with van der Waals surface area (Å²) < 4.78 is 6.05. The zero-order valence-electron chi connectivity index (χ0n) is 13.4. The summed E-state index contributed by atoms with van der Waals surface area (Å²) in [6.45, 7) is 12.2. The summed E-state index contributed by atoms with van der Waals surface area (Å²) in [4.78, 5) is 8.49. The highest BCUT2D eigenvalue weighted by Gasteiger charge is 2.21. The fraction of sp³-hybridized carbons (Fsp3) is 0.412. The van der Waals surface area contributed by atoms with Crippen molar-refractivity contribution in [3.63, 3.8) is 0 Å². The first-order valence-electron chi connectivity index (χ1n) is 6.98. The van der Waals surface area contributed by atoms with Crippen molar-refractivity contribution in [3.05, 3.63) is 45.9 Å². The summed E-state index contributed by atoms with van der Waals surface area (Å²) >= 11 is 6.11. The second-order valence-corrected chi connectivity index (χ2v) is 6.70. The van der Waals surface area contributed by atoms with E-state index in [0.717, 1.165) is 16.9 Å². The molecule has 0 radical (unpaired) electrons. The van der Waals surface area contributed by atoms with Crippen LogP contribution in [0.4, 0.5) is 0 Å². The first-order chi connectivity index (χ1) is 9.68. The number of benzene rings is 1. The summed E-state index contributed by atoms with van der Waals surface area (Å²) in [5, 5.41) is 0.432. The van der Waals surface area contributed by atoms with E-state index in [2.05, 4.69) is 43.7 Å². The Balaban J connectivity index is 2.50. The van der Waals surface area contributed by atoms with E-state index >= 15 is 0 Å². The summed E-state index contributed by atoms with van der Waals surface area (Å²) in [6, 6.07) is 6.18. The van der Waals surface area contributed by atoms with Gasteiger partial charge in [-0.1, -0.05) is 50.1 Å². The van der Waals surface area contributed by atoms with Crippen LogP contribution in [0.1, 0.15) is 43.3 Å². The van der Waals surface area contributed by atoms with E-state index in [1.165, 1.54) is 5.56 Å². The van der Waals surface area contributed by atoms with E-state index in [0.29, 0.717) is 16.9 Å². The van der Waals surface area contributed by atoms with Crippen molar-refractivity contribution in [1.29, 1.82) is 0 Å². The number of hydrogen-bond acceptors (Lipinski definition) is 3. The molecule has 0 saturated heterocycles. The first kappa shape index (κ1) is 15.8. The molecule has 0 aliphatic rings. The monoisotopic (exact) mass is 304 g/mol. The molecule has 0 saturated carbocycles. The smallest absolute Gasteiger partial charge is 0.226 e. The topological polar surface area (TPSA) is 35.0 Å². The molecule has 0 bridgehead atoms. The molecule has 0 aliphatic heterocycles. The quantitative estimate of drug-likeness (QED) is 0.720. The molecular formula is C17H21ClN2O. The van der Waals surface area contributed by atoms with Gasteiger partial charge in [-0.15, -0.1) is 0 Å². The number of hydrogen-bond donors (Lipinski definition) is 0. The molecule has 0 unspecified atom stereocenters. The number of aryl methyl sites for hydroxylation is 2. The van der Waals surface area contributed by atoms with E-state index in [9.17, 15) is 0 Å². The number of nitrogens with zero attached hydrogens (tertiary/aromatic N) is 2. The maximum absolute atomic E-state index is 6.11. The average molecular weight is 305 g/mol. The highest BCUT2D eigenvalue weighted by atomic mass is 35.5. The second kappa shape index (κ2) is 5.64. The Bertz CT molecular complexity index is 675. The molecule has 0 aliphatic carbocycles. The van der Waals surface area contributed by atoms with Crippen LogP contribution in [0, 0.1) is 20.8 Å². The Morgan fingerprint density at radius 3 is 2.33 bits per heavy atom. The highest BCUT2D eigenvalue weighted by molar-refractivity contribution is 6.30. The van der Waals surface area contributed by atoms with Gasteiger partial charge in [0.2, 0.25) is 5.88 Å². The Morgan fingerprint density at radius 1 is 1.05 bits per heavy atom. The molecule has 1 aromatic carbocycles. The lowest BCUT2D eigenvalue weighted by Gasteiger charge is -2.23. The molecule has 2 aromatic rings. The number of aromatic nitrogens is 2. The second-order valence-electron chi connectivity index (χ2n) is 6.34. The van der Waals surface area contributed by atoms with Crippen LogP contribution in [-0.4, -0.2) is 9.97 Å². The van der Waals surface area contributed by atoms with Crippen LogP contribution >= 0.6 is 11.6 Å². The summed E-state index contributed by atoms with van der Waals surface area (Å²) in [7, 11) is 0. The molecule has 2 rings (SSSR count). The minimum Gasteiger partial charge on any atom is -0.438 e. The van der Waals surface area contributed by atoms with Gasteiger partial charge in [0.1, 0.15) is 16.7 Å². The fourth-order valence-electron chi connectivity index (χ4n) is 2.09. The minimum absolute atomic E-state index is 0.0128. The molecule has 0 N–H and O–H groups in total. The maximum atomic E-state index is 6.11.